The number of esters is 1. The van der Waals surface area contributed by atoms with Gasteiger partial charge in [0.1, 0.15) is 18.1 Å². The molecule has 1 aromatic heterocycles. The first-order chi connectivity index (χ1) is 15.4. The number of methoxy groups -OCH3 is 3. The van der Waals surface area contributed by atoms with E-state index >= 15 is 0 Å². The molecule has 9 heteroatoms. The van der Waals surface area contributed by atoms with Crippen molar-refractivity contribution in [3.8, 4) is 17.2 Å². The summed E-state index contributed by atoms with van der Waals surface area (Å²) in [5.74, 6) is 1.05. The minimum Gasteiger partial charge on any atom is -0.493 e. The molecule has 0 fully saturated rings. The molecule has 0 radical (unpaired) electrons. The number of ketones is 1. The van der Waals surface area contributed by atoms with Crippen molar-refractivity contribution in [1.29, 1.82) is 0 Å². The quantitative estimate of drug-likeness (QED) is 0.279. The monoisotopic (exact) mass is 460 g/mol. The van der Waals surface area contributed by atoms with E-state index in [2.05, 4.69) is 0 Å². The fourth-order valence-electron chi connectivity index (χ4n) is 2.55. The van der Waals surface area contributed by atoms with Crippen molar-refractivity contribution in [2.24, 2.45) is 0 Å². The molecule has 2 rings (SSSR count). The molecule has 0 amide bonds. The van der Waals surface area contributed by atoms with E-state index in [1.54, 1.807) is 37.3 Å². The molecule has 1 aromatic carbocycles. The second-order valence-electron chi connectivity index (χ2n) is 6.18. The average Bonchev–Trinajstić information content (AvgIpc) is 3.26. The lowest BCUT2D eigenvalue weighted by molar-refractivity contribution is -0.142. The zero-order valence-electron chi connectivity index (χ0n) is 18.2. The molecule has 0 spiro atoms. The Morgan fingerprint density at radius 2 is 1.69 bits per heavy atom. The number of rotatable bonds is 11. The van der Waals surface area contributed by atoms with Crippen molar-refractivity contribution in [2.45, 2.75) is 13.5 Å². The van der Waals surface area contributed by atoms with Crippen LogP contribution in [-0.2, 0) is 20.9 Å². The molecule has 0 unspecified atom stereocenters. The molecular weight excluding hydrogens is 436 g/mol. The minimum absolute atomic E-state index is 0.0775. The van der Waals surface area contributed by atoms with Crippen LogP contribution in [0.5, 0.6) is 17.2 Å². The summed E-state index contributed by atoms with van der Waals surface area (Å²) in [4.78, 5) is 35.6. The molecule has 2 aromatic rings. The van der Waals surface area contributed by atoms with Crippen molar-refractivity contribution in [2.75, 3.05) is 27.1 Å². The third-order valence-corrected chi connectivity index (χ3v) is 4.84. The fraction of sp³-hybridized carbons (Fsp3) is 0.261. The van der Waals surface area contributed by atoms with Gasteiger partial charge in [-0.25, -0.2) is 0 Å². The first kappa shape index (κ1) is 24.8. The SMILES string of the molecule is CC=CC(=O)SCC(=O)OCc1ccc(C=CC(=O)c2cc(OC)c(OC)c(OC)c2)o1. The van der Waals surface area contributed by atoms with Gasteiger partial charge in [-0.05, 0) is 49.4 Å². The zero-order valence-corrected chi connectivity index (χ0v) is 19.0. The third-order valence-electron chi connectivity index (χ3n) is 4.04. The van der Waals surface area contributed by atoms with Gasteiger partial charge >= 0.3 is 5.97 Å². The molecule has 32 heavy (non-hydrogen) atoms. The third kappa shape index (κ3) is 7.05. The molecular formula is C23H24O8S. The second-order valence-corrected chi connectivity index (χ2v) is 7.16. The standard InChI is InChI=1S/C23H24O8S/c1-5-6-22(26)32-14-21(25)30-13-17-8-7-16(31-17)9-10-18(24)15-11-19(27-2)23(29-4)20(12-15)28-3/h5-12H,13-14H2,1-4H3. The van der Waals surface area contributed by atoms with E-state index in [1.807, 2.05) is 0 Å². The van der Waals surface area contributed by atoms with Crippen LogP contribution >= 0.6 is 11.8 Å². The van der Waals surface area contributed by atoms with Gasteiger partial charge < -0.3 is 23.4 Å². The summed E-state index contributed by atoms with van der Waals surface area (Å²) < 4.78 is 26.4. The van der Waals surface area contributed by atoms with Crippen LogP contribution in [0.15, 0.2) is 46.9 Å². The maximum atomic E-state index is 12.6. The molecule has 0 N–H and O–H groups in total. The van der Waals surface area contributed by atoms with Gasteiger partial charge in [-0.3, -0.25) is 14.4 Å². The van der Waals surface area contributed by atoms with E-state index in [-0.39, 0.29) is 23.3 Å². The van der Waals surface area contributed by atoms with Crippen LogP contribution in [0.25, 0.3) is 6.08 Å². The molecule has 0 aliphatic carbocycles. The first-order valence-electron chi connectivity index (χ1n) is 9.48. The molecule has 8 nitrogen and oxygen atoms in total. The number of hydrogen-bond acceptors (Lipinski definition) is 9. The summed E-state index contributed by atoms with van der Waals surface area (Å²) >= 11 is 0.861. The number of furan rings is 1. The van der Waals surface area contributed by atoms with E-state index in [0.717, 1.165) is 11.8 Å². The molecule has 0 aliphatic rings. The van der Waals surface area contributed by atoms with Crippen LogP contribution in [-0.4, -0.2) is 44.0 Å². The highest BCUT2D eigenvalue weighted by molar-refractivity contribution is 8.14. The number of benzene rings is 1. The first-order valence-corrected chi connectivity index (χ1v) is 10.5. The van der Waals surface area contributed by atoms with Crippen molar-refractivity contribution >= 4 is 34.7 Å². The van der Waals surface area contributed by atoms with Gasteiger partial charge in [0, 0.05) is 5.56 Å². The summed E-state index contributed by atoms with van der Waals surface area (Å²) in [5, 5.41) is -0.216. The highest BCUT2D eigenvalue weighted by Crippen LogP contribution is 2.38. The van der Waals surface area contributed by atoms with Crippen LogP contribution < -0.4 is 14.2 Å². The number of hydrogen-bond donors (Lipinski definition) is 0. The van der Waals surface area contributed by atoms with Crippen molar-refractivity contribution in [3.63, 3.8) is 0 Å². The topological polar surface area (TPSA) is 101 Å². The molecule has 0 saturated heterocycles. The number of thioether (sulfide) groups is 1. The van der Waals surface area contributed by atoms with E-state index in [0.29, 0.717) is 34.3 Å². The Hall–Kier alpha value is -3.46. The summed E-state index contributed by atoms with van der Waals surface area (Å²) in [6.07, 6.45) is 5.83. The maximum Gasteiger partial charge on any atom is 0.316 e. The lowest BCUT2D eigenvalue weighted by Crippen LogP contribution is -2.08. The summed E-state index contributed by atoms with van der Waals surface area (Å²) in [6.45, 7) is 1.64. The Bertz CT molecular complexity index is 994. The Kier molecular flexibility index (Phi) is 9.62. The van der Waals surface area contributed by atoms with Crippen LogP contribution in [0.4, 0.5) is 0 Å². The Morgan fingerprint density at radius 3 is 2.28 bits per heavy atom. The molecule has 0 saturated carbocycles. The summed E-state index contributed by atoms with van der Waals surface area (Å²) in [5.41, 5.74) is 0.349. The normalized spacial score (nSPS) is 11.0. The molecule has 0 bridgehead atoms. The van der Waals surface area contributed by atoms with Crippen molar-refractivity contribution < 1.29 is 37.7 Å². The molecule has 170 valence electrons. The van der Waals surface area contributed by atoms with Gasteiger partial charge in [0.25, 0.3) is 0 Å². The van der Waals surface area contributed by atoms with Crippen LogP contribution in [0.3, 0.4) is 0 Å². The van der Waals surface area contributed by atoms with Gasteiger partial charge in [0.15, 0.2) is 17.3 Å². The fourth-order valence-corrected chi connectivity index (χ4v) is 3.12. The average molecular weight is 461 g/mol. The van der Waals surface area contributed by atoms with E-state index in [9.17, 15) is 14.4 Å². The predicted octanol–water partition coefficient (Wildman–Crippen LogP) is 4.08. The molecule has 1 heterocycles. The van der Waals surface area contributed by atoms with Gasteiger partial charge in [0.05, 0.1) is 27.1 Å². The number of carbonyl (C=O) groups is 3. The zero-order chi connectivity index (χ0) is 23.5. The van der Waals surface area contributed by atoms with E-state index in [4.69, 9.17) is 23.4 Å². The van der Waals surface area contributed by atoms with Crippen LogP contribution in [0.1, 0.15) is 28.8 Å². The predicted molar refractivity (Wildman–Crippen MR) is 120 cm³/mol. The van der Waals surface area contributed by atoms with Gasteiger partial charge in [-0.15, -0.1) is 0 Å². The van der Waals surface area contributed by atoms with Gasteiger partial charge in [-0.1, -0.05) is 17.8 Å². The lowest BCUT2D eigenvalue weighted by atomic mass is 10.1. The lowest BCUT2D eigenvalue weighted by Gasteiger charge is -2.13. The highest BCUT2D eigenvalue weighted by Gasteiger charge is 2.16. The number of ether oxygens (including phenoxy) is 4. The Labute approximate surface area is 190 Å². The van der Waals surface area contributed by atoms with Crippen LogP contribution in [0.2, 0.25) is 0 Å². The van der Waals surface area contributed by atoms with Gasteiger partial charge in [-0.2, -0.15) is 0 Å². The van der Waals surface area contributed by atoms with Crippen molar-refractivity contribution in [3.05, 3.63) is 59.6 Å². The van der Waals surface area contributed by atoms with E-state index < -0.39 is 5.97 Å². The van der Waals surface area contributed by atoms with Gasteiger partial charge in [0.2, 0.25) is 10.9 Å². The Morgan fingerprint density at radius 1 is 1.00 bits per heavy atom. The molecule has 0 atom stereocenters. The van der Waals surface area contributed by atoms with Crippen molar-refractivity contribution in [1.82, 2.24) is 0 Å². The van der Waals surface area contributed by atoms with Crippen LogP contribution in [0, 0.1) is 0 Å². The maximum absolute atomic E-state index is 12.6. The number of allylic oxidation sites excluding steroid dienone is 2. The summed E-state index contributed by atoms with van der Waals surface area (Å²) in [6, 6.07) is 6.39. The minimum atomic E-state index is -0.529. The smallest absolute Gasteiger partial charge is 0.316 e. The highest BCUT2D eigenvalue weighted by atomic mass is 32.2. The largest absolute Gasteiger partial charge is 0.493 e. The summed E-state index contributed by atoms with van der Waals surface area (Å²) in [7, 11) is 4.42. The number of carbonyl (C=O) groups excluding carboxylic acids is 3. The second kappa shape index (κ2) is 12.4. The molecule has 0 aliphatic heterocycles. The Balaban J connectivity index is 1.97. The van der Waals surface area contributed by atoms with E-state index in [1.165, 1.54) is 39.6 Å².